The minimum atomic E-state index is -0.0842. The highest BCUT2D eigenvalue weighted by molar-refractivity contribution is 6.09. The average molecular weight is 693 g/mol. The maximum Gasteiger partial charge on any atom is 0.137 e. The molecule has 0 N–H and O–H groups in total. The SMILES string of the molecule is CC1=C[C@H](C(C)C)C[C@H](C)[C@H]1c1c(C)nn(-c2cc(Oc3ccc4c5ccccc5n(-c5cc(CC(C)C)ccn5)c4c3)cc(C(C)(C)C)c2)c1C. The van der Waals surface area contributed by atoms with E-state index in [0.717, 1.165) is 46.2 Å². The van der Waals surface area contributed by atoms with Gasteiger partial charge in [-0.1, -0.05) is 85.2 Å². The smallest absolute Gasteiger partial charge is 0.137 e. The van der Waals surface area contributed by atoms with Crippen LogP contribution >= 0.6 is 0 Å². The number of rotatable bonds is 8. The van der Waals surface area contributed by atoms with E-state index in [4.69, 9.17) is 14.8 Å². The van der Waals surface area contributed by atoms with Gasteiger partial charge in [0.25, 0.3) is 0 Å². The fraction of sp³-hybridized carbons (Fsp3) is 0.404. The quantitative estimate of drug-likeness (QED) is 0.149. The van der Waals surface area contributed by atoms with E-state index in [9.17, 15) is 0 Å². The van der Waals surface area contributed by atoms with Crippen LogP contribution in [0.5, 0.6) is 11.5 Å². The molecule has 3 aromatic carbocycles. The number of nitrogens with zero attached hydrogens (tertiary/aromatic N) is 4. The first-order valence-corrected chi connectivity index (χ1v) is 19.3. The first kappa shape index (κ1) is 35.7. The zero-order chi connectivity index (χ0) is 37.1. The Bertz CT molecular complexity index is 2290. The predicted octanol–water partition coefficient (Wildman–Crippen LogP) is 12.6. The highest BCUT2D eigenvalue weighted by Crippen LogP contribution is 2.45. The van der Waals surface area contributed by atoms with Crippen molar-refractivity contribution in [1.29, 1.82) is 0 Å². The number of hydrogen-bond donors (Lipinski definition) is 0. The first-order valence-electron chi connectivity index (χ1n) is 19.3. The lowest BCUT2D eigenvalue weighted by atomic mass is 9.69. The molecule has 5 nitrogen and oxygen atoms in total. The van der Waals surface area contributed by atoms with Crippen LogP contribution in [-0.2, 0) is 11.8 Å². The Balaban J connectivity index is 1.31. The van der Waals surface area contributed by atoms with Crippen LogP contribution in [0.25, 0.3) is 33.3 Å². The highest BCUT2D eigenvalue weighted by Gasteiger charge is 2.33. The molecule has 7 rings (SSSR count). The maximum atomic E-state index is 6.83. The monoisotopic (exact) mass is 692 g/mol. The summed E-state index contributed by atoms with van der Waals surface area (Å²) in [5.41, 5.74) is 10.8. The fourth-order valence-electron chi connectivity index (χ4n) is 8.63. The molecule has 6 aromatic rings. The van der Waals surface area contributed by atoms with E-state index in [0.29, 0.717) is 29.6 Å². The van der Waals surface area contributed by atoms with Gasteiger partial charge in [-0.15, -0.1) is 0 Å². The molecule has 3 aromatic heterocycles. The molecule has 52 heavy (non-hydrogen) atoms. The fourth-order valence-corrected chi connectivity index (χ4v) is 8.63. The lowest BCUT2D eigenvalue weighted by Crippen LogP contribution is -2.24. The Kier molecular flexibility index (Phi) is 9.44. The number of aryl methyl sites for hydroxylation is 1. The van der Waals surface area contributed by atoms with Gasteiger partial charge in [0.15, 0.2) is 0 Å². The summed E-state index contributed by atoms with van der Waals surface area (Å²) in [4.78, 5) is 4.87. The van der Waals surface area contributed by atoms with E-state index in [2.05, 4.69) is 164 Å². The zero-order valence-corrected chi connectivity index (χ0v) is 33.1. The lowest BCUT2D eigenvalue weighted by Gasteiger charge is -2.35. The molecule has 0 amide bonds. The third-order valence-corrected chi connectivity index (χ3v) is 11.3. The van der Waals surface area contributed by atoms with Gasteiger partial charge in [-0.2, -0.15) is 5.10 Å². The van der Waals surface area contributed by atoms with Crippen molar-refractivity contribution in [2.45, 2.75) is 100 Å². The Morgan fingerprint density at radius 3 is 2.31 bits per heavy atom. The van der Waals surface area contributed by atoms with Crippen molar-refractivity contribution in [2.24, 2.45) is 23.7 Å². The van der Waals surface area contributed by atoms with Crippen LogP contribution in [0.4, 0.5) is 0 Å². The van der Waals surface area contributed by atoms with Gasteiger partial charge in [0.2, 0.25) is 0 Å². The van der Waals surface area contributed by atoms with Crippen LogP contribution in [0.1, 0.15) is 103 Å². The van der Waals surface area contributed by atoms with Gasteiger partial charge in [0.1, 0.15) is 17.3 Å². The van der Waals surface area contributed by atoms with E-state index >= 15 is 0 Å². The number of benzene rings is 3. The molecule has 0 fully saturated rings. The summed E-state index contributed by atoms with van der Waals surface area (Å²) in [7, 11) is 0. The summed E-state index contributed by atoms with van der Waals surface area (Å²) in [6.45, 7) is 25.2. The number of pyridine rings is 1. The topological polar surface area (TPSA) is 44.9 Å². The Morgan fingerprint density at radius 1 is 0.846 bits per heavy atom. The van der Waals surface area contributed by atoms with Crippen molar-refractivity contribution >= 4 is 21.8 Å². The zero-order valence-electron chi connectivity index (χ0n) is 33.1. The maximum absolute atomic E-state index is 6.83. The molecule has 5 heteroatoms. The second-order valence-corrected chi connectivity index (χ2v) is 17.2. The molecule has 1 aliphatic carbocycles. The molecule has 0 saturated heterocycles. The number of aromatic nitrogens is 4. The molecular formula is C47H56N4O. The number of ether oxygens (including phenoxy) is 1. The van der Waals surface area contributed by atoms with E-state index in [1.54, 1.807) is 0 Å². The van der Waals surface area contributed by atoms with Gasteiger partial charge < -0.3 is 4.74 Å². The largest absolute Gasteiger partial charge is 0.457 e. The number of hydrogen-bond acceptors (Lipinski definition) is 3. The van der Waals surface area contributed by atoms with E-state index in [1.165, 1.54) is 45.2 Å². The number of para-hydroxylation sites is 1. The Hall–Kier alpha value is -4.64. The Morgan fingerprint density at radius 2 is 1.60 bits per heavy atom. The third-order valence-electron chi connectivity index (χ3n) is 11.3. The van der Waals surface area contributed by atoms with Gasteiger partial charge >= 0.3 is 0 Å². The van der Waals surface area contributed by atoms with Gasteiger partial charge in [0, 0.05) is 46.3 Å². The second kappa shape index (κ2) is 13.7. The second-order valence-electron chi connectivity index (χ2n) is 17.2. The summed E-state index contributed by atoms with van der Waals surface area (Å²) in [6.07, 6.45) is 6.70. The van der Waals surface area contributed by atoms with Crippen molar-refractivity contribution in [2.75, 3.05) is 0 Å². The molecule has 3 atom stereocenters. The van der Waals surface area contributed by atoms with Crippen LogP contribution in [0.3, 0.4) is 0 Å². The molecule has 1 aliphatic rings. The van der Waals surface area contributed by atoms with Crippen molar-refractivity contribution in [3.8, 4) is 23.0 Å². The normalized spacial score (nSPS) is 18.2. The Labute approximate surface area is 310 Å². The van der Waals surface area contributed by atoms with E-state index in [1.807, 2.05) is 6.20 Å². The lowest BCUT2D eigenvalue weighted by molar-refractivity contribution is 0.317. The van der Waals surface area contributed by atoms with Gasteiger partial charge in [-0.3, -0.25) is 4.57 Å². The first-order chi connectivity index (χ1) is 24.7. The van der Waals surface area contributed by atoms with Crippen LogP contribution in [0.2, 0.25) is 0 Å². The minimum absolute atomic E-state index is 0.0842. The number of fused-ring (bicyclic) bond motifs is 3. The van der Waals surface area contributed by atoms with Crippen molar-refractivity contribution < 1.29 is 4.74 Å². The molecule has 3 heterocycles. The summed E-state index contributed by atoms with van der Waals surface area (Å²) >= 11 is 0. The number of allylic oxidation sites excluding steroid dienone is 2. The van der Waals surface area contributed by atoms with Gasteiger partial charge in [-0.05, 0) is 116 Å². The van der Waals surface area contributed by atoms with Crippen LogP contribution in [0.15, 0.2) is 90.6 Å². The summed E-state index contributed by atoms with van der Waals surface area (Å²) in [5, 5.41) is 7.59. The van der Waals surface area contributed by atoms with Crippen molar-refractivity contribution in [1.82, 2.24) is 19.3 Å². The molecule has 0 spiro atoms. The summed E-state index contributed by atoms with van der Waals surface area (Å²) < 4.78 is 11.3. The summed E-state index contributed by atoms with van der Waals surface area (Å²) in [6, 6.07) is 26.0. The predicted molar refractivity (Wildman–Crippen MR) is 218 cm³/mol. The van der Waals surface area contributed by atoms with Gasteiger partial charge in [0.05, 0.1) is 22.4 Å². The molecule has 0 aliphatic heterocycles. The summed E-state index contributed by atoms with van der Waals surface area (Å²) in [5.74, 6) is 5.32. The van der Waals surface area contributed by atoms with E-state index < -0.39 is 0 Å². The molecule has 0 bridgehead atoms. The molecule has 0 unspecified atom stereocenters. The third kappa shape index (κ3) is 6.71. The molecular weight excluding hydrogens is 637 g/mol. The minimum Gasteiger partial charge on any atom is -0.457 e. The van der Waals surface area contributed by atoms with Crippen LogP contribution < -0.4 is 4.74 Å². The molecule has 270 valence electrons. The van der Waals surface area contributed by atoms with Crippen LogP contribution in [-0.4, -0.2) is 19.3 Å². The van der Waals surface area contributed by atoms with Crippen molar-refractivity contribution in [3.05, 3.63) is 119 Å². The average Bonchev–Trinajstić information content (AvgIpc) is 3.56. The highest BCUT2D eigenvalue weighted by atomic mass is 16.5. The molecule has 0 radical (unpaired) electrons. The van der Waals surface area contributed by atoms with Gasteiger partial charge in [-0.25, -0.2) is 9.67 Å². The molecule has 0 saturated carbocycles. The standard InChI is InChI=1S/C47H56N4O/c1-28(2)20-34-18-19-48-44(23-34)50-42-15-13-12-14-40(42)41-17-16-38(27-43(41)50)52-39-25-36(47(9,10)11)24-37(26-39)51-33(8)46(32(7)49-51)45-30(5)21-35(29(3)4)22-31(45)6/h12-19,21,23-29,31,35,45H,20,22H2,1-11H3/t31-,35-,45-/m0/s1. The van der Waals surface area contributed by atoms with Crippen LogP contribution in [0, 0.1) is 37.5 Å². The van der Waals surface area contributed by atoms with E-state index in [-0.39, 0.29) is 5.41 Å². The van der Waals surface area contributed by atoms with Crippen molar-refractivity contribution in [3.63, 3.8) is 0 Å².